The Morgan fingerprint density at radius 3 is 1.83 bits per heavy atom. The summed E-state index contributed by atoms with van der Waals surface area (Å²) in [4.78, 5) is 26.7. The van der Waals surface area contributed by atoms with Gasteiger partial charge in [0.15, 0.2) is 0 Å². The molecule has 5 aromatic carbocycles. The molecule has 0 fully saturated rings. The van der Waals surface area contributed by atoms with Crippen LogP contribution in [-0.4, -0.2) is 11.9 Å². The van der Waals surface area contributed by atoms with Crippen LogP contribution >= 0.6 is 0 Å². The van der Waals surface area contributed by atoms with E-state index in [9.17, 15) is 9.59 Å². The SMILES string of the molecule is O=C(NC(=O)c1c(OCc2ccccc2)cccc1OCc1ccccc1)Nc1cccc2c1Cc1ccccc1-2. The number of nitrogens with one attached hydrogen (secondary N) is 2. The summed E-state index contributed by atoms with van der Waals surface area (Å²) in [6, 6.07) is 37.9. The van der Waals surface area contributed by atoms with Gasteiger partial charge < -0.3 is 14.8 Å². The quantitative estimate of drug-likeness (QED) is 0.211. The van der Waals surface area contributed by atoms with Crippen LogP contribution in [0.1, 0.15) is 32.6 Å². The molecule has 0 aliphatic heterocycles. The average molecular weight is 541 g/mol. The Hall–Kier alpha value is -5.36. The number of hydrogen-bond acceptors (Lipinski definition) is 4. The monoisotopic (exact) mass is 540 g/mol. The predicted molar refractivity (Wildman–Crippen MR) is 159 cm³/mol. The number of hydrogen-bond donors (Lipinski definition) is 2. The summed E-state index contributed by atoms with van der Waals surface area (Å²) in [7, 11) is 0. The Kier molecular flexibility index (Phi) is 7.45. The van der Waals surface area contributed by atoms with Crippen molar-refractivity contribution in [2.24, 2.45) is 0 Å². The standard InChI is InChI=1S/C35H28N2O4/c38-34(37-35(39)36-30-18-9-17-28-27-16-8-7-15-26(27)21-29(28)30)33-31(40-22-24-11-3-1-4-12-24)19-10-20-32(33)41-23-25-13-5-2-6-14-25/h1-20H,21-23H2,(H2,36,37,38,39). The van der Waals surface area contributed by atoms with E-state index in [1.54, 1.807) is 18.2 Å². The first-order valence-electron chi connectivity index (χ1n) is 13.4. The molecule has 0 bridgehead atoms. The van der Waals surface area contributed by atoms with E-state index in [1.807, 2.05) is 91.0 Å². The van der Waals surface area contributed by atoms with Gasteiger partial charge in [-0.3, -0.25) is 10.1 Å². The fourth-order valence-electron chi connectivity index (χ4n) is 5.04. The number of rotatable bonds is 8. The number of amides is 3. The minimum Gasteiger partial charge on any atom is -0.488 e. The van der Waals surface area contributed by atoms with Gasteiger partial charge in [-0.2, -0.15) is 0 Å². The van der Waals surface area contributed by atoms with Crippen LogP contribution in [0.2, 0.25) is 0 Å². The Labute approximate surface area is 238 Å². The zero-order chi connectivity index (χ0) is 28.0. The van der Waals surface area contributed by atoms with E-state index in [0.717, 1.165) is 27.8 Å². The molecular weight excluding hydrogens is 512 g/mol. The van der Waals surface area contributed by atoms with Crippen LogP contribution in [0, 0.1) is 0 Å². The van der Waals surface area contributed by atoms with Crippen molar-refractivity contribution in [1.29, 1.82) is 0 Å². The van der Waals surface area contributed by atoms with Gasteiger partial charge in [0.25, 0.3) is 5.91 Å². The lowest BCUT2D eigenvalue weighted by molar-refractivity contribution is 0.0957. The van der Waals surface area contributed by atoms with Gasteiger partial charge >= 0.3 is 6.03 Å². The third-order valence-corrected chi connectivity index (χ3v) is 7.02. The molecule has 6 heteroatoms. The van der Waals surface area contributed by atoms with Crippen molar-refractivity contribution in [2.75, 3.05) is 5.32 Å². The summed E-state index contributed by atoms with van der Waals surface area (Å²) in [6.45, 7) is 0.512. The largest absolute Gasteiger partial charge is 0.488 e. The van der Waals surface area contributed by atoms with Crippen LogP contribution in [-0.2, 0) is 19.6 Å². The minimum absolute atomic E-state index is 0.153. The second-order valence-corrected chi connectivity index (χ2v) is 9.75. The van der Waals surface area contributed by atoms with E-state index < -0.39 is 11.9 Å². The Morgan fingerprint density at radius 1 is 0.610 bits per heavy atom. The molecule has 1 aliphatic rings. The van der Waals surface area contributed by atoms with Crippen LogP contribution in [0.5, 0.6) is 11.5 Å². The van der Waals surface area contributed by atoms with Gasteiger partial charge in [0.05, 0.1) is 0 Å². The number of fused-ring (bicyclic) bond motifs is 3. The van der Waals surface area contributed by atoms with Crippen molar-refractivity contribution in [1.82, 2.24) is 5.32 Å². The first kappa shape index (κ1) is 25.9. The maximum Gasteiger partial charge on any atom is 0.326 e. The highest BCUT2D eigenvalue weighted by atomic mass is 16.5. The van der Waals surface area contributed by atoms with E-state index in [0.29, 0.717) is 23.6 Å². The number of ether oxygens (including phenoxy) is 2. The van der Waals surface area contributed by atoms with Gasteiger partial charge in [-0.25, -0.2) is 4.79 Å². The van der Waals surface area contributed by atoms with Crippen LogP contribution in [0.3, 0.4) is 0 Å². The zero-order valence-electron chi connectivity index (χ0n) is 22.3. The molecule has 1 aliphatic carbocycles. The lowest BCUT2D eigenvalue weighted by Crippen LogP contribution is -2.35. The van der Waals surface area contributed by atoms with Crippen LogP contribution in [0.4, 0.5) is 10.5 Å². The molecule has 5 aromatic rings. The molecule has 2 N–H and O–H groups in total. The van der Waals surface area contributed by atoms with Gasteiger partial charge in [0.2, 0.25) is 0 Å². The maximum atomic E-state index is 13.6. The molecule has 0 atom stereocenters. The summed E-state index contributed by atoms with van der Waals surface area (Å²) >= 11 is 0. The smallest absolute Gasteiger partial charge is 0.326 e. The van der Waals surface area contributed by atoms with Crippen molar-refractivity contribution >= 4 is 17.6 Å². The summed E-state index contributed by atoms with van der Waals surface area (Å²) in [5.74, 6) is 0.0200. The lowest BCUT2D eigenvalue weighted by Gasteiger charge is -2.17. The second kappa shape index (κ2) is 11.8. The molecule has 41 heavy (non-hydrogen) atoms. The Bertz CT molecular complexity index is 1640. The Balaban J connectivity index is 1.22. The summed E-state index contributed by atoms with van der Waals surface area (Å²) in [5, 5.41) is 5.37. The van der Waals surface area contributed by atoms with Crippen LogP contribution in [0.15, 0.2) is 121 Å². The highest BCUT2D eigenvalue weighted by Crippen LogP contribution is 2.40. The summed E-state index contributed by atoms with van der Waals surface area (Å²) in [6.07, 6.45) is 0.712. The molecule has 6 nitrogen and oxygen atoms in total. The molecule has 0 aromatic heterocycles. The minimum atomic E-state index is -0.633. The Morgan fingerprint density at radius 2 is 1.17 bits per heavy atom. The van der Waals surface area contributed by atoms with Gasteiger partial charge in [-0.15, -0.1) is 0 Å². The van der Waals surface area contributed by atoms with Gasteiger partial charge in [-0.05, 0) is 51.6 Å². The average Bonchev–Trinajstić information content (AvgIpc) is 3.40. The van der Waals surface area contributed by atoms with Crippen molar-refractivity contribution in [3.8, 4) is 22.6 Å². The van der Waals surface area contributed by atoms with Gasteiger partial charge in [-0.1, -0.05) is 103 Å². The van der Waals surface area contributed by atoms with Crippen LogP contribution < -0.4 is 20.1 Å². The molecule has 6 rings (SSSR count). The van der Waals surface area contributed by atoms with E-state index in [1.165, 1.54) is 5.56 Å². The number of anilines is 1. The highest BCUT2D eigenvalue weighted by molar-refractivity contribution is 6.11. The number of carbonyl (C=O) groups is 2. The third kappa shape index (κ3) is 5.82. The zero-order valence-corrected chi connectivity index (χ0v) is 22.3. The summed E-state index contributed by atoms with van der Waals surface area (Å²) < 4.78 is 12.1. The lowest BCUT2D eigenvalue weighted by atomic mass is 10.1. The third-order valence-electron chi connectivity index (χ3n) is 7.02. The first-order chi connectivity index (χ1) is 20.2. The molecule has 0 spiro atoms. The number of urea groups is 1. The first-order valence-corrected chi connectivity index (χ1v) is 13.4. The highest BCUT2D eigenvalue weighted by Gasteiger charge is 2.24. The van der Waals surface area contributed by atoms with Gasteiger partial charge in [0, 0.05) is 12.1 Å². The van der Waals surface area contributed by atoms with E-state index in [4.69, 9.17) is 9.47 Å². The molecule has 0 radical (unpaired) electrons. The normalized spacial score (nSPS) is 11.2. The van der Waals surface area contributed by atoms with E-state index >= 15 is 0 Å². The van der Waals surface area contributed by atoms with Crippen molar-refractivity contribution in [3.05, 3.63) is 149 Å². The second-order valence-electron chi connectivity index (χ2n) is 9.75. The van der Waals surface area contributed by atoms with E-state index in [-0.39, 0.29) is 18.8 Å². The molecule has 202 valence electrons. The van der Waals surface area contributed by atoms with Crippen molar-refractivity contribution < 1.29 is 19.1 Å². The molecule has 0 saturated heterocycles. The number of benzene rings is 5. The van der Waals surface area contributed by atoms with Gasteiger partial charge in [0.1, 0.15) is 30.3 Å². The molecule has 0 unspecified atom stereocenters. The van der Waals surface area contributed by atoms with Crippen LogP contribution in [0.25, 0.3) is 11.1 Å². The van der Waals surface area contributed by atoms with E-state index in [2.05, 4.69) is 22.8 Å². The number of imide groups is 1. The summed E-state index contributed by atoms with van der Waals surface area (Å²) in [5.41, 5.74) is 7.19. The molecule has 3 amide bonds. The topological polar surface area (TPSA) is 76.7 Å². The molecular formula is C35H28N2O4. The maximum absolute atomic E-state index is 13.6. The fraction of sp³-hybridized carbons (Fsp3) is 0.0857. The number of carbonyl (C=O) groups excluding carboxylic acids is 2. The molecule has 0 saturated carbocycles. The molecule has 0 heterocycles. The van der Waals surface area contributed by atoms with Crippen molar-refractivity contribution in [3.63, 3.8) is 0 Å². The fourth-order valence-corrected chi connectivity index (χ4v) is 5.04. The van der Waals surface area contributed by atoms with Crippen molar-refractivity contribution in [2.45, 2.75) is 19.6 Å². The predicted octanol–water partition coefficient (Wildman–Crippen LogP) is 7.38.